The maximum atomic E-state index is 6.16. The molecule has 0 unspecified atom stereocenters. The smallest absolute Gasteiger partial charge is 0.0603 e. The molecule has 18 heavy (non-hydrogen) atoms. The molecular formula is C16H27NO. The van der Waals surface area contributed by atoms with Crippen LogP contribution in [0.5, 0.6) is 0 Å². The predicted octanol–water partition coefficient (Wildman–Crippen LogP) is 2.93. The minimum absolute atomic E-state index is 0.495. The van der Waals surface area contributed by atoms with Gasteiger partial charge in [-0.05, 0) is 32.2 Å². The fourth-order valence-electron chi connectivity index (χ4n) is 2.71. The second-order valence-electron chi connectivity index (χ2n) is 6.00. The van der Waals surface area contributed by atoms with Crippen molar-refractivity contribution in [3.05, 3.63) is 0 Å². The molecule has 0 N–H and O–H groups in total. The van der Waals surface area contributed by atoms with Crippen LogP contribution in [0.3, 0.4) is 0 Å². The van der Waals surface area contributed by atoms with Gasteiger partial charge in [0.1, 0.15) is 0 Å². The van der Waals surface area contributed by atoms with E-state index >= 15 is 0 Å². The number of likely N-dealkylation sites (tertiary alicyclic amines) is 1. The van der Waals surface area contributed by atoms with Crippen LogP contribution >= 0.6 is 0 Å². The third kappa shape index (κ3) is 4.00. The average molecular weight is 249 g/mol. The number of piperidine rings is 1. The second-order valence-corrected chi connectivity index (χ2v) is 6.00. The van der Waals surface area contributed by atoms with Crippen molar-refractivity contribution in [2.24, 2.45) is 11.8 Å². The molecular weight excluding hydrogens is 222 g/mol. The van der Waals surface area contributed by atoms with Crippen LogP contribution in [0.2, 0.25) is 0 Å². The van der Waals surface area contributed by atoms with E-state index in [4.69, 9.17) is 4.74 Å². The van der Waals surface area contributed by atoms with Gasteiger partial charge in [-0.1, -0.05) is 26.7 Å². The molecule has 0 bridgehead atoms. The molecule has 0 aromatic carbocycles. The molecule has 2 heteroatoms. The zero-order valence-electron chi connectivity index (χ0n) is 12.1. The zero-order valence-corrected chi connectivity index (χ0v) is 12.1. The number of hydrogen-bond acceptors (Lipinski definition) is 2. The Labute approximate surface area is 112 Å². The van der Waals surface area contributed by atoms with Gasteiger partial charge in [0.15, 0.2) is 0 Å². The van der Waals surface area contributed by atoms with Gasteiger partial charge in [0.2, 0.25) is 0 Å². The van der Waals surface area contributed by atoms with Gasteiger partial charge >= 0.3 is 0 Å². The van der Waals surface area contributed by atoms with Crippen molar-refractivity contribution in [3.8, 4) is 11.8 Å². The summed E-state index contributed by atoms with van der Waals surface area (Å²) in [7, 11) is 0. The fraction of sp³-hybridized carbons (Fsp3) is 0.875. The average Bonchev–Trinajstić information content (AvgIpc) is 2.32. The molecule has 2 aliphatic rings. The maximum Gasteiger partial charge on any atom is 0.0603 e. The van der Waals surface area contributed by atoms with E-state index in [-0.39, 0.29) is 0 Å². The number of hydrogen-bond donors (Lipinski definition) is 0. The Hall–Kier alpha value is -0.520. The van der Waals surface area contributed by atoms with Crippen LogP contribution in [0.1, 0.15) is 46.5 Å². The summed E-state index contributed by atoms with van der Waals surface area (Å²) in [5.41, 5.74) is 0. The molecule has 2 nitrogen and oxygen atoms in total. The minimum Gasteiger partial charge on any atom is -0.375 e. The lowest BCUT2D eigenvalue weighted by Crippen LogP contribution is -2.41. The van der Waals surface area contributed by atoms with Crippen molar-refractivity contribution in [3.63, 3.8) is 0 Å². The normalized spacial score (nSPS) is 29.8. The van der Waals surface area contributed by atoms with Crippen molar-refractivity contribution < 1.29 is 4.74 Å². The van der Waals surface area contributed by atoms with Crippen LogP contribution < -0.4 is 0 Å². The summed E-state index contributed by atoms with van der Waals surface area (Å²) in [6.45, 7) is 10.2. The summed E-state index contributed by atoms with van der Waals surface area (Å²) in [5, 5.41) is 0. The first kappa shape index (κ1) is 13.9. The van der Waals surface area contributed by atoms with Gasteiger partial charge in [0.25, 0.3) is 0 Å². The summed E-state index contributed by atoms with van der Waals surface area (Å²) in [6, 6.07) is 0. The standard InChI is InChI=1S/C16H27NO/c1-4-17-9-7-15(8-10-17)18-16-11-14(12-16)6-5-13(2)3/h13-16H,4,7-12H2,1-3H3. The lowest BCUT2D eigenvalue weighted by atomic mass is 9.82. The third-order valence-electron chi connectivity index (χ3n) is 4.04. The Morgan fingerprint density at radius 1 is 1.17 bits per heavy atom. The van der Waals surface area contributed by atoms with Gasteiger partial charge in [-0.2, -0.15) is 0 Å². The van der Waals surface area contributed by atoms with Crippen LogP contribution in [-0.2, 0) is 4.74 Å². The number of rotatable bonds is 3. The molecule has 2 fully saturated rings. The van der Waals surface area contributed by atoms with Gasteiger partial charge in [-0.25, -0.2) is 0 Å². The SMILES string of the molecule is CCN1CCC(OC2CC(C#CC(C)C)C2)CC1. The van der Waals surface area contributed by atoms with Crippen LogP contribution in [0, 0.1) is 23.7 Å². The van der Waals surface area contributed by atoms with Crippen molar-refractivity contribution in [2.75, 3.05) is 19.6 Å². The summed E-state index contributed by atoms with van der Waals surface area (Å²) in [6.07, 6.45) is 5.76. The van der Waals surface area contributed by atoms with Gasteiger partial charge in [-0.15, -0.1) is 5.92 Å². The first-order valence-corrected chi connectivity index (χ1v) is 7.56. The molecule has 1 saturated heterocycles. The van der Waals surface area contributed by atoms with E-state index in [1.54, 1.807) is 0 Å². The Morgan fingerprint density at radius 2 is 1.83 bits per heavy atom. The molecule has 1 saturated carbocycles. The highest BCUT2D eigenvalue weighted by Gasteiger charge is 2.31. The molecule has 1 heterocycles. The predicted molar refractivity (Wildman–Crippen MR) is 75.3 cm³/mol. The van der Waals surface area contributed by atoms with E-state index in [2.05, 4.69) is 37.5 Å². The van der Waals surface area contributed by atoms with Crippen molar-refractivity contribution in [2.45, 2.75) is 58.7 Å². The first-order valence-electron chi connectivity index (χ1n) is 7.56. The number of ether oxygens (including phenoxy) is 1. The van der Waals surface area contributed by atoms with Crippen LogP contribution in [0.4, 0.5) is 0 Å². The topological polar surface area (TPSA) is 12.5 Å². The van der Waals surface area contributed by atoms with Gasteiger partial charge in [0, 0.05) is 24.9 Å². The van der Waals surface area contributed by atoms with Gasteiger partial charge in [-0.3, -0.25) is 0 Å². The van der Waals surface area contributed by atoms with E-state index in [0.717, 1.165) is 12.8 Å². The Balaban J connectivity index is 1.62. The van der Waals surface area contributed by atoms with E-state index in [9.17, 15) is 0 Å². The molecule has 0 aromatic heterocycles. The molecule has 0 spiro atoms. The monoisotopic (exact) mass is 249 g/mol. The first-order chi connectivity index (χ1) is 8.67. The molecule has 0 atom stereocenters. The van der Waals surface area contributed by atoms with Crippen molar-refractivity contribution in [1.82, 2.24) is 4.90 Å². The van der Waals surface area contributed by atoms with Crippen LogP contribution in [-0.4, -0.2) is 36.7 Å². The molecule has 1 aliphatic heterocycles. The Morgan fingerprint density at radius 3 is 2.39 bits per heavy atom. The Bertz CT molecular complexity index is 301. The maximum absolute atomic E-state index is 6.16. The highest BCUT2D eigenvalue weighted by molar-refractivity contribution is 5.10. The highest BCUT2D eigenvalue weighted by atomic mass is 16.5. The second kappa shape index (κ2) is 6.59. The van der Waals surface area contributed by atoms with Crippen molar-refractivity contribution in [1.29, 1.82) is 0 Å². The van der Waals surface area contributed by atoms with E-state index in [1.165, 1.54) is 32.5 Å². The van der Waals surface area contributed by atoms with E-state index < -0.39 is 0 Å². The van der Waals surface area contributed by atoms with Crippen molar-refractivity contribution >= 4 is 0 Å². The fourth-order valence-corrected chi connectivity index (χ4v) is 2.71. The van der Waals surface area contributed by atoms with E-state index in [1.807, 2.05) is 0 Å². The molecule has 0 aromatic rings. The summed E-state index contributed by atoms with van der Waals surface area (Å²) in [5.74, 6) is 7.74. The Kier molecular flexibility index (Phi) is 5.09. The van der Waals surface area contributed by atoms with Crippen LogP contribution in [0.15, 0.2) is 0 Å². The lowest BCUT2D eigenvalue weighted by molar-refractivity contribution is -0.0842. The molecule has 102 valence electrons. The highest BCUT2D eigenvalue weighted by Crippen LogP contribution is 2.32. The number of nitrogens with zero attached hydrogens (tertiary/aromatic N) is 1. The summed E-state index contributed by atoms with van der Waals surface area (Å²) >= 11 is 0. The van der Waals surface area contributed by atoms with Gasteiger partial charge in [0.05, 0.1) is 12.2 Å². The van der Waals surface area contributed by atoms with Crippen LogP contribution in [0.25, 0.3) is 0 Å². The largest absolute Gasteiger partial charge is 0.375 e. The minimum atomic E-state index is 0.495. The van der Waals surface area contributed by atoms with E-state index in [0.29, 0.717) is 24.0 Å². The molecule has 0 amide bonds. The third-order valence-corrected chi connectivity index (χ3v) is 4.04. The molecule has 2 rings (SSSR count). The quantitative estimate of drug-likeness (QED) is 0.713. The summed E-state index contributed by atoms with van der Waals surface area (Å²) < 4.78 is 6.16. The molecule has 0 radical (unpaired) electrons. The zero-order chi connectivity index (χ0) is 13.0. The lowest BCUT2D eigenvalue weighted by Gasteiger charge is -2.38. The molecule has 1 aliphatic carbocycles. The van der Waals surface area contributed by atoms with Gasteiger partial charge < -0.3 is 9.64 Å². The summed E-state index contributed by atoms with van der Waals surface area (Å²) in [4.78, 5) is 2.51.